The van der Waals surface area contributed by atoms with Gasteiger partial charge < -0.3 is 9.84 Å². The maximum Gasteiger partial charge on any atom is 0.303 e. The minimum absolute atomic E-state index is 0.0129. The van der Waals surface area contributed by atoms with Crippen molar-refractivity contribution in [2.24, 2.45) is 34.5 Å². The van der Waals surface area contributed by atoms with Crippen molar-refractivity contribution in [2.75, 3.05) is 6.61 Å². The van der Waals surface area contributed by atoms with Gasteiger partial charge >= 0.3 is 5.97 Å². The highest BCUT2D eigenvalue weighted by atomic mass is 19.1. The van der Waals surface area contributed by atoms with Gasteiger partial charge in [0.15, 0.2) is 17.2 Å². The van der Waals surface area contributed by atoms with Gasteiger partial charge in [0.1, 0.15) is 6.61 Å². The first-order valence-electron chi connectivity index (χ1n) is 11.1. The Bertz CT molecular complexity index is 737. The van der Waals surface area contributed by atoms with Crippen LogP contribution in [0.4, 0.5) is 4.39 Å². The first kappa shape index (κ1) is 21.0. The summed E-state index contributed by atoms with van der Waals surface area (Å²) >= 11 is 0. The average molecular weight is 409 g/mol. The highest BCUT2D eigenvalue weighted by Crippen LogP contribution is 2.69. The van der Waals surface area contributed by atoms with Gasteiger partial charge in [0.05, 0.1) is 6.10 Å². The molecule has 0 radical (unpaired) electrons. The molecule has 8 atom stereocenters. The van der Waals surface area contributed by atoms with Crippen LogP contribution in [0.3, 0.4) is 0 Å². The maximum absolute atomic E-state index is 16.9. The fraction of sp³-hybridized carbons (Fsp3) is 0.870. The van der Waals surface area contributed by atoms with Crippen LogP contribution >= 0.6 is 0 Å². The zero-order chi connectivity index (χ0) is 21.2. The Morgan fingerprint density at radius 3 is 2.52 bits per heavy atom. The Balaban J connectivity index is 1.64. The van der Waals surface area contributed by atoms with Crippen molar-refractivity contribution >= 4 is 17.5 Å². The molecule has 0 aliphatic heterocycles. The molecule has 6 heteroatoms. The van der Waals surface area contributed by atoms with E-state index in [0.29, 0.717) is 32.1 Å². The predicted octanol–water partition coefficient (Wildman–Crippen LogP) is 3.41. The van der Waals surface area contributed by atoms with Crippen LogP contribution in [0.25, 0.3) is 0 Å². The number of alkyl halides is 1. The van der Waals surface area contributed by atoms with Crippen LogP contribution in [0.5, 0.6) is 0 Å². The maximum atomic E-state index is 16.9. The molecule has 0 spiro atoms. The third-order valence-electron chi connectivity index (χ3n) is 9.27. The van der Waals surface area contributed by atoms with Crippen molar-refractivity contribution in [3.63, 3.8) is 0 Å². The van der Waals surface area contributed by atoms with Crippen LogP contribution in [-0.4, -0.2) is 41.0 Å². The van der Waals surface area contributed by atoms with E-state index in [1.807, 2.05) is 13.8 Å². The normalized spacial score (nSPS) is 49.0. The van der Waals surface area contributed by atoms with Crippen molar-refractivity contribution in [3.8, 4) is 0 Å². The van der Waals surface area contributed by atoms with E-state index in [1.165, 1.54) is 6.92 Å². The van der Waals surface area contributed by atoms with E-state index in [1.54, 1.807) is 0 Å². The van der Waals surface area contributed by atoms with E-state index >= 15 is 4.39 Å². The number of hydrogen-bond donors (Lipinski definition) is 1. The molecule has 4 rings (SSSR count). The summed E-state index contributed by atoms with van der Waals surface area (Å²) in [5, 5.41) is 10.1. The molecule has 4 saturated carbocycles. The molecule has 0 aromatic carbocycles. The molecule has 1 N–H and O–H groups in total. The lowest BCUT2D eigenvalue weighted by Gasteiger charge is -2.62. The van der Waals surface area contributed by atoms with Crippen molar-refractivity contribution in [2.45, 2.75) is 83.9 Å². The SMILES string of the molecule is CC(=O)OCC(=O)[C@H]1CC[C@H]2[C@@H]3CC[C@H]4C[C@@H](O)CC[C@]4(C)[C@@]3(F)C(=O)C[C@]12C. The molecule has 0 saturated heterocycles. The first-order valence-corrected chi connectivity index (χ1v) is 11.1. The summed E-state index contributed by atoms with van der Waals surface area (Å²) < 4.78 is 21.8. The van der Waals surface area contributed by atoms with Crippen LogP contribution in [0.1, 0.15) is 72.1 Å². The smallest absolute Gasteiger partial charge is 0.303 e. The largest absolute Gasteiger partial charge is 0.458 e. The Hall–Kier alpha value is -1.30. The Morgan fingerprint density at radius 1 is 1.14 bits per heavy atom. The van der Waals surface area contributed by atoms with Gasteiger partial charge in [-0.05, 0) is 62.2 Å². The lowest BCUT2D eigenvalue weighted by atomic mass is 9.42. The number of carbonyl (C=O) groups excluding carboxylic acids is 3. The molecule has 29 heavy (non-hydrogen) atoms. The van der Waals surface area contributed by atoms with Gasteiger partial charge in [-0.25, -0.2) is 4.39 Å². The summed E-state index contributed by atoms with van der Waals surface area (Å²) in [5.41, 5.74) is -3.16. The Kier molecular flexibility index (Phi) is 4.96. The molecule has 4 aliphatic rings. The topological polar surface area (TPSA) is 80.7 Å². The lowest BCUT2D eigenvalue weighted by Crippen LogP contribution is -2.68. The minimum atomic E-state index is -1.87. The zero-order valence-electron chi connectivity index (χ0n) is 17.7. The number of ketones is 2. The average Bonchev–Trinajstić information content (AvgIpc) is 2.98. The summed E-state index contributed by atoms with van der Waals surface area (Å²) in [5.74, 6) is -1.70. The quantitative estimate of drug-likeness (QED) is 0.724. The molecule has 4 fully saturated rings. The van der Waals surface area contributed by atoms with E-state index in [-0.39, 0.29) is 48.3 Å². The van der Waals surface area contributed by atoms with Crippen LogP contribution < -0.4 is 0 Å². The van der Waals surface area contributed by atoms with Gasteiger partial charge in [-0.1, -0.05) is 13.8 Å². The molecule has 0 aromatic heterocycles. The number of ether oxygens (including phenoxy) is 1. The third kappa shape index (κ3) is 2.84. The zero-order valence-corrected chi connectivity index (χ0v) is 17.7. The number of aliphatic hydroxyl groups is 1. The second-order valence-corrected chi connectivity index (χ2v) is 10.5. The van der Waals surface area contributed by atoms with Gasteiger partial charge in [-0.2, -0.15) is 0 Å². The van der Waals surface area contributed by atoms with E-state index in [9.17, 15) is 19.5 Å². The molecule has 0 unspecified atom stereocenters. The molecule has 162 valence electrons. The molecule has 4 aliphatic carbocycles. The van der Waals surface area contributed by atoms with Gasteiger partial charge in [0.2, 0.25) is 0 Å². The van der Waals surface area contributed by atoms with Crippen LogP contribution in [0.15, 0.2) is 0 Å². The van der Waals surface area contributed by atoms with E-state index in [4.69, 9.17) is 4.74 Å². The van der Waals surface area contributed by atoms with Crippen LogP contribution in [0, 0.1) is 34.5 Å². The highest BCUT2D eigenvalue weighted by molar-refractivity contribution is 5.92. The first-order chi connectivity index (χ1) is 13.5. The number of fused-ring (bicyclic) bond motifs is 5. The molecular formula is C23H33FO5. The monoisotopic (exact) mass is 408 g/mol. The summed E-state index contributed by atoms with van der Waals surface area (Å²) in [6, 6.07) is 0. The Morgan fingerprint density at radius 2 is 1.83 bits per heavy atom. The second kappa shape index (κ2) is 6.86. The van der Waals surface area contributed by atoms with Crippen molar-refractivity contribution in [3.05, 3.63) is 0 Å². The number of halogens is 1. The number of hydrogen-bond acceptors (Lipinski definition) is 5. The fourth-order valence-corrected chi connectivity index (χ4v) is 7.76. The van der Waals surface area contributed by atoms with E-state index in [2.05, 4.69) is 0 Å². The van der Waals surface area contributed by atoms with E-state index < -0.39 is 28.6 Å². The fourth-order valence-electron chi connectivity index (χ4n) is 7.76. The molecule has 0 amide bonds. The van der Waals surface area contributed by atoms with Gasteiger partial charge in [0, 0.05) is 30.6 Å². The molecule has 5 nitrogen and oxygen atoms in total. The number of Topliss-reactive ketones (excluding diaryl/α,β-unsaturated/α-hetero) is 2. The van der Waals surface area contributed by atoms with Gasteiger partial charge in [-0.15, -0.1) is 0 Å². The van der Waals surface area contributed by atoms with Gasteiger partial charge in [-0.3, -0.25) is 14.4 Å². The summed E-state index contributed by atoms with van der Waals surface area (Å²) in [6.07, 6.45) is 4.17. The van der Waals surface area contributed by atoms with Crippen molar-refractivity contribution < 1.29 is 28.6 Å². The van der Waals surface area contributed by atoms with Crippen LogP contribution in [-0.2, 0) is 19.1 Å². The van der Waals surface area contributed by atoms with Crippen LogP contribution in [0.2, 0.25) is 0 Å². The number of rotatable bonds is 3. The lowest BCUT2D eigenvalue weighted by molar-refractivity contribution is -0.201. The Labute approximate surface area is 171 Å². The standard InChI is InChI=1S/C23H33FO5/c1-13(25)29-12-19(27)18-7-6-16-17-5-4-14-10-15(26)8-9-22(14,3)23(17,24)20(28)11-21(16,18)2/h14-18,26H,4-12H2,1-3H3/t14-,15-,16-,17-,18+,21-,22-,23-/m0/s1. The molecule has 0 heterocycles. The summed E-state index contributed by atoms with van der Waals surface area (Å²) in [6.45, 7) is 4.90. The molecule has 0 bridgehead atoms. The highest BCUT2D eigenvalue weighted by Gasteiger charge is 2.72. The number of aliphatic hydroxyl groups excluding tert-OH is 1. The van der Waals surface area contributed by atoms with Crippen molar-refractivity contribution in [1.82, 2.24) is 0 Å². The van der Waals surface area contributed by atoms with E-state index in [0.717, 1.165) is 12.8 Å². The number of carbonyl (C=O) groups is 3. The number of esters is 1. The van der Waals surface area contributed by atoms with Crippen molar-refractivity contribution in [1.29, 1.82) is 0 Å². The molecule has 0 aromatic rings. The minimum Gasteiger partial charge on any atom is -0.458 e. The second-order valence-electron chi connectivity index (χ2n) is 10.5. The third-order valence-corrected chi connectivity index (χ3v) is 9.27. The predicted molar refractivity (Wildman–Crippen MR) is 104 cm³/mol. The van der Waals surface area contributed by atoms with Gasteiger partial charge in [0.25, 0.3) is 0 Å². The summed E-state index contributed by atoms with van der Waals surface area (Å²) in [7, 11) is 0. The summed E-state index contributed by atoms with van der Waals surface area (Å²) in [4.78, 5) is 37.3. The molecular weight excluding hydrogens is 375 g/mol.